The van der Waals surface area contributed by atoms with Gasteiger partial charge in [0, 0.05) is 22.3 Å². The first-order valence-electron chi connectivity index (χ1n) is 8.89. The zero-order chi connectivity index (χ0) is 21.0. The number of amides is 2. The van der Waals surface area contributed by atoms with Crippen molar-refractivity contribution in [1.82, 2.24) is 4.90 Å². The van der Waals surface area contributed by atoms with E-state index >= 15 is 0 Å². The van der Waals surface area contributed by atoms with E-state index in [0.29, 0.717) is 31.2 Å². The Labute approximate surface area is 184 Å². The maximum absolute atomic E-state index is 12.6. The van der Waals surface area contributed by atoms with Crippen LogP contribution < -0.4 is 10.1 Å². The summed E-state index contributed by atoms with van der Waals surface area (Å²) in [5.74, 6) is 0.0697. The van der Waals surface area contributed by atoms with Gasteiger partial charge in [-0.2, -0.15) is 0 Å². The van der Waals surface area contributed by atoms with E-state index in [0.717, 1.165) is 0 Å². The van der Waals surface area contributed by atoms with Gasteiger partial charge in [0.05, 0.1) is 4.91 Å². The predicted molar refractivity (Wildman–Crippen MR) is 122 cm³/mol. The first-order valence-corrected chi connectivity index (χ1v) is 10.5. The Morgan fingerprint density at radius 3 is 2.72 bits per heavy atom. The van der Waals surface area contributed by atoms with Gasteiger partial charge in [0.15, 0.2) is 6.61 Å². The van der Waals surface area contributed by atoms with Crippen molar-refractivity contribution in [3.05, 3.63) is 64.0 Å². The van der Waals surface area contributed by atoms with E-state index in [-0.39, 0.29) is 24.5 Å². The molecule has 0 atom stereocenters. The summed E-state index contributed by atoms with van der Waals surface area (Å²) in [6, 6.07) is 14.1. The highest BCUT2D eigenvalue weighted by Crippen LogP contribution is 2.35. The molecule has 150 valence electrons. The number of nitrogens with one attached hydrogen (secondary N) is 1. The van der Waals surface area contributed by atoms with Crippen molar-refractivity contribution < 1.29 is 14.3 Å². The maximum Gasteiger partial charge on any atom is 0.266 e. The first kappa shape index (κ1) is 21.4. The quantitative estimate of drug-likeness (QED) is 0.501. The van der Waals surface area contributed by atoms with Crippen molar-refractivity contribution in [2.24, 2.45) is 0 Å². The van der Waals surface area contributed by atoms with Gasteiger partial charge in [-0.05, 0) is 44.2 Å². The monoisotopic (exact) mass is 446 g/mol. The van der Waals surface area contributed by atoms with Crippen molar-refractivity contribution in [2.45, 2.75) is 19.9 Å². The Morgan fingerprint density at radius 1 is 1.28 bits per heavy atom. The van der Waals surface area contributed by atoms with Crippen LogP contribution in [0.4, 0.5) is 5.69 Å². The lowest BCUT2D eigenvalue weighted by molar-refractivity contribution is -0.123. The Morgan fingerprint density at radius 2 is 2.03 bits per heavy atom. The fraction of sp³-hybridized carbons (Fsp3) is 0.190. The standard InChI is InChI=1S/C21H19ClN2O3S2/c1-13(2)24-20(26)18(29-21(24)28)10-14-6-3-4-9-17(14)27-12-19(25)23-16-8-5-7-15(22)11-16/h3-11,13H,12H2,1-2H3,(H,23,25)/b18-10-. The lowest BCUT2D eigenvalue weighted by Crippen LogP contribution is -2.34. The number of thioether (sulfide) groups is 1. The summed E-state index contributed by atoms with van der Waals surface area (Å²) in [5.41, 5.74) is 1.30. The van der Waals surface area contributed by atoms with E-state index < -0.39 is 0 Å². The van der Waals surface area contributed by atoms with Gasteiger partial charge in [0.25, 0.3) is 11.8 Å². The fourth-order valence-electron chi connectivity index (χ4n) is 2.70. The Hall–Kier alpha value is -2.35. The molecule has 0 spiro atoms. The number of nitrogens with zero attached hydrogens (tertiary/aromatic N) is 1. The van der Waals surface area contributed by atoms with Crippen molar-refractivity contribution >= 4 is 63.5 Å². The normalized spacial score (nSPS) is 15.3. The van der Waals surface area contributed by atoms with Gasteiger partial charge in [0.1, 0.15) is 10.1 Å². The van der Waals surface area contributed by atoms with Crippen LogP contribution in [0.25, 0.3) is 6.08 Å². The third-order valence-corrected chi connectivity index (χ3v) is 5.58. The number of anilines is 1. The average Bonchev–Trinajstić information content (AvgIpc) is 2.94. The number of hydrogen-bond acceptors (Lipinski definition) is 5. The van der Waals surface area contributed by atoms with Crippen LogP contribution >= 0.6 is 35.6 Å². The van der Waals surface area contributed by atoms with Crippen LogP contribution in [-0.2, 0) is 9.59 Å². The molecule has 1 saturated heterocycles. The lowest BCUT2D eigenvalue weighted by Gasteiger charge is -2.18. The van der Waals surface area contributed by atoms with Gasteiger partial charge in [0.2, 0.25) is 0 Å². The summed E-state index contributed by atoms with van der Waals surface area (Å²) < 4.78 is 6.23. The van der Waals surface area contributed by atoms with Gasteiger partial charge in [-0.3, -0.25) is 14.5 Å². The number of halogens is 1. The second-order valence-corrected chi connectivity index (χ2v) is 8.64. The van der Waals surface area contributed by atoms with Crippen molar-refractivity contribution in [3.63, 3.8) is 0 Å². The molecule has 0 aliphatic carbocycles. The highest BCUT2D eigenvalue weighted by Gasteiger charge is 2.33. The molecule has 2 aromatic carbocycles. The molecule has 0 aromatic heterocycles. The molecule has 1 heterocycles. The molecule has 2 amide bonds. The average molecular weight is 447 g/mol. The van der Waals surface area contributed by atoms with E-state index in [4.69, 9.17) is 28.6 Å². The van der Waals surface area contributed by atoms with E-state index in [1.807, 2.05) is 26.0 Å². The summed E-state index contributed by atoms with van der Waals surface area (Å²) in [4.78, 5) is 26.9. The second kappa shape index (κ2) is 9.43. The summed E-state index contributed by atoms with van der Waals surface area (Å²) in [5, 5.41) is 3.27. The smallest absolute Gasteiger partial charge is 0.266 e. The minimum absolute atomic E-state index is 0.00456. The molecule has 1 fully saturated rings. The molecule has 0 unspecified atom stereocenters. The number of benzene rings is 2. The van der Waals surface area contributed by atoms with Gasteiger partial charge in [-0.25, -0.2) is 0 Å². The summed E-state index contributed by atoms with van der Waals surface area (Å²) >= 11 is 12.5. The third kappa shape index (κ3) is 5.38. The molecule has 1 aliphatic heterocycles. The van der Waals surface area contributed by atoms with Crippen molar-refractivity contribution in [2.75, 3.05) is 11.9 Å². The summed E-state index contributed by atoms with van der Waals surface area (Å²) in [6.07, 6.45) is 1.74. The van der Waals surface area contributed by atoms with Crippen molar-refractivity contribution in [1.29, 1.82) is 0 Å². The lowest BCUT2D eigenvalue weighted by atomic mass is 10.2. The van der Waals surface area contributed by atoms with Crippen LogP contribution in [0.1, 0.15) is 19.4 Å². The number of thiocarbonyl (C=S) groups is 1. The van der Waals surface area contributed by atoms with E-state index in [9.17, 15) is 9.59 Å². The van der Waals surface area contributed by atoms with Crippen LogP contribution in [0.3, 0.4) is 0 Å². The van der Waals surface area contributed by atoms with Crippen LogP contribution in [0.5, 0.6) is 5.75 Å². The Bertz CT molecular complexity index is 991. The molecule has 0 saturated carbocycles. The van der Waals surface area contributed by atoms with Crippen LogP contribution in [0.15, 0.2) is 53.4 Å². The van der Waals surface area contributed by atoms with Crippen LogP contribution in [-0.4, -0.2) is 33.7 Å². The second-order valence-electron chi connectivity index (χ2n) is 6.53. The minimum atomic E-state index is -0.312. The van der Waals surface area contributed by atoms with Gasteiger partial charge < -0.3 is 10.1 Å². The topological polar surface area (TPSA) is 58.6 Å². The fourth-order valence-corrected chi connectivity index (χ4v) is 4.41. The highest BCUT2D eigenvalue weighted by molar-refractivity contribution is 8.26. The van der Waals surface area contributed by atoms with Gasteiger partial charge in [-0.1, -0.05) is 59.8 Å². The molecular weight excluding hydrogens is 428 g/mol. The highest BCUT2D eigenvalue weighted by atomic mass is 35.5. The molecular formula is C21H19ClN2O3S2. The van der Waals surface area contributed by atoms with E-state index in [1.54, 1.807) is 47.4 Å². The molecule has 2 aromatic rings. The van der Waals surface area contributed by atoms with Crippen molar-refractivity contribution in [3.8, 4) is 5.75 Å². The number of carbonyl (C=O) groups is 2. The van der Waals surface area contributed by atoms with Gasteiger partial charge in [-0.15, -0.1) is 0 Å². The number of carbonyl (C=O) groups excluding carboxylic acids is 2. The molecule has 29 heavy (non-hydrogen) atoms. The molecule has 8 heteroatoms. The van der Waals surface area contributed by atoms with Crippen LogP contribution in [0, 0.1) is 0 Å². The number of ether oxygens (including phenoxy) is 1. The summed E-state index contributed by atoms with van der Waals surface area (Å²) in [6.45, 7) is 3.66. The Balaban J connectivity index is 1.70. The first-order chi connectivity index (χ1) is 13.8. The van der Waals surface area contributed by atoms with Gasteiger partial charge >= 0.3 is 0 Å². The molecule has 0 radical (unpaired) electrons. The molecule has 3 rings (SSSR count). The number of rotatable bonds is 6. The molecule has 1 aliphatic rings. The maximum atomic E-state index is 12.6. The summed E-state index contributed by atoms with van der Waals surface area (Å²) in [7, 11) is 0. The van der Waals surface area contributed by atoms with Crippen LogP contribution in [0.2, 0.25) is 5.02 Å². The number of hydrogen-bond donors (Lipinski definition) is 1. The minimum Gasteiger partial charge on any atom is -0.483 e. The molecule has 5 nitrogen and oxygen atoms in total. The molecule has 0 bridgehead atoms. The third-order valence-electron chi connectivity index (χ3n) is 4.01. The van der Waals surface area contributed by atoms with E-state index in [2.05, 4.69) is 5.32 Å². The predicted octanol–water partition coefficient (Wildman–Crippen LogP) is 4.97. The number of para-hydroxylation sites is 1. The molecule has 1 N–H and O–H groups in total. The SMILES string of the molecule is CC(C)N1C(=O)/C(=C/c2ccccc2OCC(=O)Nc2cccc(Cl)c2)SC1=S. The zero-order valence-corrected chi connectivity index (χ0v) is 18.2. The largest absolute Gasteiger partial charge is 0.483 e. The zero-order valence-electron chi connectivity index (χ0n) is 15.8. The van der Waals surface area contributed by atoms with E-state index in [1.165, 1.54) is 11.8 Å². The Kier molecular flexibility index (Phi) is 6.95.